The monoisotopic (exact) mass is 354 g/mol. The van der Waals surface area contributed by atoms with Crippen molar-refractivity contribution in [1.29, 1.82) is 0 Å². The molecule has 2 aromatic carbocycles. The van der Waals surface area contributed by atoms with Gasteiger partial charge in [0.15, 0.2) is 0 Å². The number of carbonyl (C=O) groups excluding carboxylic acids is 2. The second-order valence-corrected chi connectivity index (χ2v) is 6.11. The van der Waals surface area contributed by atoms with Crippen LogP contribution in [-0.4, -0.2) is 31.5 Å². The van der Waals surface area contributed by atoms with Crippen molar-refractivity contribution in [2.24, 2.45) is 0 Å². The molecule has 0 fully saturated rings. The molecule has 0 aromatic heterocycles. The number of rotatable bonds is 8. The quantitative estimate of drug-likeness (QED) is 0.792. The first-order valence-corrected chi connectivity index (χ1v) is 8.82. The predicted octanol–water partition coefficient (Wildman–Crippen LogP) is 3.11. The fraction of sp³-hybridized carbons (Fsp3) is 0.333. The van der Waals surface area contributed by atoms with Crippen molar-refractivity contribution in [3.8, 4) is 5.75 Å². The van der Waals surface area contributed by atoms with Gasteiger partial charge in [-0.25, -0.2) is 0 Å². The third-order valence-electron chi connectivity index (χ3n) is 3.94. The van der Waals surface area contributed by atoms with Crippen LogP contribution in [0.5, 0.6) is 5.75 Å². The number of nitrogens with one attached hydrogen (secondary N) is 1. The van der Waals surface area contributed by atoms with E-state index in [2.05, 4.69) is 5.32 Å². The first-order valence-electron chi connectivity index (χ1n) is 8.82. The van der Waals surface area contributed by atoms with Gasteiger partial charge in [-0.3, -0.25) is 9.59 Å². The topological polar surface area (TPSA) is 58.6 Å². The van der Waals surface area contributed by atoms with Crippen LogP contribution in [0.15, 0.2) is 48.5 Å². The molecule has 2 amide bonds. The van der Waals surface area contributed by atoms with Gasteiger partial charge < -0.3 is 15.0 Å². The molecule has 2 rings (SSSR count). The molecule has 0 atom stereocenters. The molecule has 0 unspecified atom stereocenters. The molecule has 26 heavy (non-hydrogen) atoms. The molecule has 0 saturated carbocycles. The lowest BCUT2D eigenvalue weighted by atomic mass is 10.1. The van der Waals surface area contributed by atoms with Crippen molar-refractivity contribution in [2.75, 3.05) is 24.6 Å². The van der Waals surface area contributed by atoms with Gasteiger partial charge in [0.05, 0.1) is 13.0 Å². The standard InChI is InChI=1S/C21H26N2O3/c1-4-26-20-10-8-19(9-11-20)23(17(3)24)13-12-22-21(25)15-18-7-5-6-16(2)14-18/h5-11,14H,4,12-13,15H2,1-3H3,(H,22,25). The highest BCUT2D eigenvalue weighted by Gasteiger charge is 2.12. The van der Waals surface area contributed by atoms with Gasteiger partial charge in [-0.1, -0.05) is 29.8 Å². The van der Waals surface area contributed by atoms with E-state index < -0.39 is 0 Å². The highest BCUT2D eigenvalue weighted by Crippen LogP contribution is 2.19. The first kappa shape index (κ1) is 19.5. The van der Waals surface area contributed by atoms with Crippen LogP contribution in [0.3, 0.4) is 0 Å². The second kappa shape index (κ2) is 9.61. The van der Waals surface area contributed by atoms with E-state index in [1.54, 1.807) is 4.90 Å². The summed E-state index contributed by atoms with van der Waals surface area (Å²) in [7, 11) is 0. The molecule has 0 aliphatic rings. The van der Waals surface area contributed by atoms with Crippen LogP contribution in [-0.2, 0) is 16.0 Å². The van der Waals surface area contributed by atoms with Crippen LogP contribution in [0.25, 0.3) is 0 Å². The van der Waals surface area contributed by atoms with Crippen molar-refractivity contribution in [1.82, 2.24) is 5.32 Å². The van der Waals surface area contributed by atoms with Gasteiger partial charge in [-0.2, -0.15) is 0 Å². The molecule has 0 aliphatic carbocycles. The molecule has 0 saturated heterocycles. The van der Waals surface area contributed by atoms with Crippen LogP contribution in [0.4, 0.5) is 5.69 Å². The zero-order valence-corrected chi connectivity index (χ0v) is 15.6. The summed E-state index contributed by atoms with van der Waals surface area (Å²) < 4.78 is 5.42. The number of anilines is 1. The van der Waals surface area contributed by atoms with Crippen LogP contribution in [0.2, 0.25) is 0 Å². The van der Waals surface area contributed by atoms with Crippen molar-refractivity contribution < 1.29 is 14.3 Å². The van der Waals surface area contributed by atoms with E-state index in [0.29, 0.717) is 26.1 Å². The van der Waals surface area contributed by atoms with Crippen LogP contribution in [0, 0.1) is 6.92 Å². The Labute approximate surface area is 155 Å². The summed E-state index contributed by atoms with van der Waals surface area (Å²) in [5.74, 6) is 0.652. The summed E-state index contributed by atoms with van der Waals surface area (Å²) in [6.45, 7) is 6.87. The van der Waals surface area contributed by atoms with E-state index in [-0.39, 0.29) is 11.8 Å². The normalized spacial score (nSPS) is 10.3. The summed E-state index contributed by atoms with van der Waals surface area (Å²) in [6, 6.07) is 15.3. The Hall–Kier alpha value is -2.82. The van der Waals surface area contributed by atoms with Crippen molar-refractivity contribution in [2.45, 2.75) is 27.2 Å². The number of nitrogens with zero attached hydrogens (tertiary/aromatic N) is 1. The molecule has 2 aromatic rings. The van der Waals surface area contributed by atoms with Crippen molar-refractivity contribution in [3.05, 3.63) is 59.7 Å². The van der Waals surface area contributed by atoms with Gasteiger partial charge >= 0.3 is 0 Å². The van der Waals surface area contributed by atoms with Crippen molar-refractivity contribution in [3.63, 3.8) is 0 Å². The first-order chi connectivity index (χ1) is 12.5. The lowest BCUT2D eigenvalue weighted by molar-refractivity contribution is -0.121. The van der Waals surface area contributed by atoms with Crippen LogP contribution in [0.1, 0.15) is 25.0 Å². The second-order valence-electron chi connectivity index (χ2n) is 6.11. The van der Waals surface area contributed by atoms with Gasteiger partial charge in [0.1, 0.15) is 5.75 Å². The SMILES string of the molecule is CCOc1ccc(N(CCNC(=O)Cc2cccc(C)c2)C(C)=O)cc1. The summed E-state index contributed by atoms with van der Waals surface area (Å²) >= 11 is 0. The maximum atomic E-state index is 12.1. The lowest BCUT2D eigenvalue weighted by Gasteiger charge is -2.21. The number of amides is 2. The fourth-order valence-electron chi connectivity index (χ4n) is 2.73. The van der Waals surface area contributed by atoms with Gasteiger partial charge in [0.2, 0.25) is 11.8 Å². The number of carbonyl (C=O) groups is 2. The highest BCUT2D eigenvalue weighted by atomic mass is 16.5. The minimum atomic E-state index is -0.0675. The van der Waals surface area contributed by atoms with Gasteiger partial charge in [0, 0.05) is 25.7 Å². The maximum absolute atomic E-state index is 12.1. The average Bonchev–Trinajstić information content (AvgIpc) is 2.60. The highest BCUT2D eigenvalue weighted by molar-refractivity contribution is 5.91. The fourth-order valence-corrected chi connectivity index (χ4v) is 2.73. The smallest absolute Gasteiger partial charge is 0.224 e. The van der Waals surface area contributed by atoms with Crippen LogP contribution < -0.4 is 15.0 Å². The Balaban J connectivity index is 1.88. The molecule has 0 radical (unpaired) electrons. The minimum absolute atomic E-state index is 0.0502. The number of hydrogen-bond donors (Lipinski definition) is 1. The third-order valence-corrected chi connectivity index (χ3v) is 3.94. The minimum Gasteiger partial charge on any atom is -0.494 e. The van der Waals surface area contributed by atoms with Crippen molar-refractivity contribution >= 4 is 17.5 Å². The van der Waals surface area contributed by atoms with Gasteiger partial charge in [0.25, 0.3) is 0 Å². The Morgan fingerprint density at radius 1 is 1.12 bits per heavy atom. The van der Waals surface area contributed by atoms with Gasteiger partial charge in [-0.05, 0) is 43.7 Å². The van der Waals surface area contributed by atoms with E-state index >= 15 is 0 Å². The molecule has 5 nitrogen and oxygen atoms in total. The number of benzene rings is 2. The van der Waals surface area contributed by atoms with E-state index in [1.165, 1.54) is 6.92 Å². The molecule has 0 aliphatic heterocycles. The number of ether oxygens (including phenoxy) is 1. The summed E-state index contributed by atoms with van der Waals surface area (Å²) in [5.41, 5.74) is 2.90. The predicted molar refractivity (Wildman–Crippen MR) is 104 cm³/mol. The molecule has 138 valence electrons. The Morgan fingerprint density at radius 3 is 2.46 bits per heavy atom. The molecule has 0 spiro atoms. The third kappa shape index (κ3) is 5.92. The van der Waals surface area contributed by atoms with E-state index in [9.17, 15) is 9.59 Å². The molecule has 1 N–H and O–H groups in total. The van der Waals surface area contributed by atoms with E-state index in [4.69, 9.17) is 4.74 Å². The Bertz CT molecular complexity index is 741. The van der Waals surface area contributed by atoms with E-state index in [0.717, 1.165) is 22.6 Å². The number of aryl methyl sites for hydroxylation is 1. The number of hydrogen-bond acceptors (Lipinski definition) is 3. The summed E-state index contributed by atoms with van der Waals surface area (Å²) in [5, 5.41) is 2.88. The van der Waals surface area contributed by atoms with Gasteiger partial charge in [-0.15, -0.1) is 0 Å². The maximum Gasteiger partial charge on any atom is 0.224 e. The zero-order chi connectivity index (χ0) is 18.9. The largest absolute Gasteiger partial charge is 0.494 e. The summed E-state index contributed by atoms with van der Waals surface area (Å²) in [4.78, 5) is 25.7. The molecular weight excluding hydrogens is 328 g/mol. The molecule has 0 bridgehead atoms. The summed E-state index contributed by atoms with van der Waals surface area (Å²) in [6.07, 6.45) is 0.338. The molecular formula is C21H26N2O3. The lowest BCUT2D eigenvalue weighted by Crippen LogP contribution is -2.38. The Kier molecular flexibility index (Phi) is 7.21. The molecule has 5 heteroatoms. The zero-order valence-electron chi connectivity index (χ0n) is 15.6. The van der Waals surface area contributed by atoms with E-state index in [1.807, 2.05) is 62.4 Å². The average molecular weight is 354 g/mol. The molecule has 0 heterocycles. The Morgan fingerprint density at radius 2 is 1.85 bits per heavy atom. The van der Waals surface area contributed by atoms with Crippen LogP contribution >= 0.6 is 0 Å².